The number of methoxy groups -OCH3 is 1. The summed E-state index contributed by atoms with van der Waals surface area (Å²) in [6, 6.07) is 6.76. The van der Waals surface area contributed by atoms with Crippen LogP contribution in [0.25, 0.3) is 0 Å². The first-order valence-electron chi connectivity index (χ1n) is 9.53. The molecule has 1 aromatic carbocycles. The van der Waals surface area contributed by atoms with Gasteiger partial charge in [0.2, 0.25) is 0 Å². The predicted octanol–water partition coefficient (Wildman–Crippen LogP) is 4.55. The van der Waals surface area contributed by atoms with Crippen molar-refractivity contribution < 1.29 is 14.0 Å². The first-order chi connectivity index (χ1) is 12.6. The van der Waals surface area contributed by atoms with E-state index in [9.17, 15) is 0 Å². The molecule has 0 saturated heterocycles. The molecule has 26 heavy (non-hydrogen) atoms. The molecule has 5 heteroatoms. The number of aromatic nitrogens is 1. The highest BCUT2D eigenvalue weighted by molar-refractivity contribution is 5.43. The molecule has 1 aliphatic carbocycles. The van der Waals surface area contributed by atoms with E-state index in [4.69, 9.17) is 14.0 Å². The number of hydrogen-bond donors (Lipinski definition) is 1. The summed E-state index contributed by atoms with van der Waals surface area (Å²) in [5, 5.41) is 7.68. The molecule has 0 radical (unpaired) electrons. The molecule has 5 nitrogen and oxygen atoms in total. The Hall–Kier alpha value is -2.01. The van der Waals surface area contributed by atoms with E-state index in [1.165, 1.54) is 31.2 Å². The van der Waals surface area contributed by atoms with Crippen LogP contribution in [0.15, 0.2) is 22.7 Å². The summed E-state index contributed by atoms with van der Waals surface area (Å²) in [7, 11) is 1.68. The van der Waals surface area contributed by atoms with Crippen molar-refractivity contribution in [2.24, 2.45) is 5.92 Å². The summed E-state index contributed by atoms with van der Waals surface area (Å²) in [5.74, 6) is 3.04. The van der Waals surface area contributed by atoms with Crippen molar-refractivity contribution >= 4 is 0 Å². The number of benzene rings is 1. The van der Waals surface area contributed by atoms with Gasteiger partial charge >= 0.3 is 0 Å². The second kappa shape index (κ2) is 8.58. The maximum atomic E-state index is 5.96. The van der Waals surface area contributed by atoms with E-state index in [0.29, 0.717) is 12.6 Å². The largest absolute Gasteiger partial charge is 0.493 e. The summed E-state index contributed by atoms with van der Waals surface area (Å²) < 4.78 is 16.7. The molecular formula is C21H30N2O3. The zero-order valence-electron chi connectivity index (χ0n) is 16.3. The van der Waals surface area contributed by atoms with Crippen molar-refractivity contribution in [1.82, 2.24) is 10.5 Å². The predicted molar refractivity (Wildman–Crippen MR) is 102 cm³/mol. The lowest BCUT2D eigenvalue weighted by molar-refractivity contribution is 0.277. The van der Waals surface area contributed by atoms with Gasteiger partial charge in [-0.2, -0.15) is 0 Å². The van der Waals surface area contributed by atoms with Crippen LogP contribution in [0.3, 0.4) is 0 Å². The van der Waals surface area contributed by atoms with E-state index in [1.54, 1.807) is 7.11 Å². The fourth-order valence-electron chi connectivity index (χ4n) is 3.67. The van der Waals surface area contributed by atoms with Crippen molar-refractivity contribution in [3.8, 4) is 11.5 Å². The van der Waals surface area contributed by atoms with Crippen molar-refractivity contribution in [2.75, 3.05) is 7.11 Å². The van der Waals surface area contributed by atoms with Crippen LogP contribution < -0.4 is 14.8 Å². The zero-order valence-corrected chi connectivity index (χ0v) is 16.3. The summed E-state index contributed by atoms with van der Waals surface area (Å²) in [6.07, 6.45) is 5.30. The standard InChI is InChI=1S/C21H30N2O3/c1-14-7-5-6-8-19(14)22-12-17-9-10-20(21(11-17)24-4)25-13-18-15(2)23-26-16(18)3/h9-11,14,19,22H,5-8,12-13H2,1-4H3. The number of nitrogens with one attached hydrogen (secondary N) is 1. The lowest BCUT2D eigenvalue weighted by atomic mass is 9.86. The number of aryl methyl sites for hydroxylation is 2. The third kappa shape index (κ3) is 4.39. The van der Waals surface area contributed by atoms with Gasteiger partial charge in [0.05, 0.1) is 18.4 Å². The fraction of sp³-hybridized carbons (Fsp3) is 0.571. The summed E-state index contributed by atoms with van der Waals surface area (Å²) >= 11 is 0. The van der Waals surface area contributed by atoms with Crippen LogP contribution in [0.5, 0.6) is 11.5 Å². The van der Waals surface area contributed by atoms with Gasteiger partial charge in [-0.25, -0.2) is 0 Å². The van der Waals surface area contributed by atoms with Crippen molar-refractivity contribution in [2.45, 2.75) is 65.6 Å². The van der Waals surface area contributed by atoms with E-state index in [1.807, 2.05) is 19.9 Å². The summed E-state index contributed by atoms with van der Waals surface area (Å²) in [4.78, 5) is 0. The van der Waals surface area contributed by atoms with Crippen LogP contribution in [-0.2, 0) is 13.2 Å². The third-order valence-electron chi connectivity index (χ3n) is 5.46. The molecular weight excluding hydrogens is 328 g/mol. The Labute approximate surface area is 156 Å². The minimum absolute atomic E-state index is 0.425. The maximum absolute atomic E-state index is 5.96. The molecule has 0 amide bonds. The van der Waals surface area contributed by atoms with Crippen molar-refractivity contribution in [1.29, 1.82) is 0 Å². The lowest BCUT2D eigenvalue weighted by Crippen LogP contribution is -2.36. The molecule has 142 valence electrons. The number of ether oxygens (including phenoxy) is 2. The minimum atomic E-state index is 0.425. The van der Waals surface area contributed by atoms with Gasteiger partial charge in [0.1, 0.15) is 12.4 Å². The molecule has 0 aliphatic heterocycles. The highest BCUT2D eigenvalue weighted by atomic mass is 16.5. The quantitative estimate of drug-likeness (QED) is 0.787. The molecule has 0 bridgehead atoms. The van der Waals surface area contributed by atoms with E-state index in [0.717, 1.165) is 41.0 Å². The summed E-state index contributed by atoms with van der Waals surface area (Å²) in [6.45, 7) is 7.46. The molecule has 1 saturated carbocycles. The highest BCUT2D eigenvalue weighted by Gasteiger charge is 2.20. The fourth-order valence-corrected chi connectivity index (χ4v) is 3.67. The van der Waals surface area contributed by atoms with E-state index >= 15 is 0 Å². The van der Waals surface area contributed by atoms with Gasteiger partial charge in [0.15, 0.2) is 11.5 Å². The second-order valence-electron chi connectivity index (χ2n) is 7.33. The Balaban J connectivity index is 1.62. The van der Waals surface area contributed by atoms with Crippen LogP contribution in [0.2, 0.25) is 0 Å². The monoisotopic (exact) mass is 358 g/mol. The van der Waals surface area contributed by atoms with Gasteiger partial charge in [-0.05, 0) is 50.3 Å². The van der Waals surface area contributed by atoms with Crippen molar-refractivity contribution in [3.63, 3.8) is 0 Å². The smallest absolute Gasteiger partial charge is 0.161 e. The number of nitrogens with zero attached hydrogens (tertiary/aromatic N) is 1. The second-order valence-corrected chi connectivity index (χ2v) is 7.33. The SMILES string of the molecule is COc1cc(CNC2CCCCC2C)ccc1OCc1c(C)noc1C. The molecule has 1 N–H and O–H groups in total. The molecule has 3 rings (SSSR count). The molecule has 1 heterocycles. The van der Waals surface area contributed by atoms with Crippen LogP contribution >= 0.6 is 0 Å². The van der Waals surface area contributed by atoms with Crippen LogP contribution in [0, 0.1) is 19.8 Å². The Morgan fingerprint density at radius 1 is 1.19 bits per heavy atom. The molecule has 0 spiro atoms. The lowest BCUT2D eigenvalue weighted by Gasteiger charge is -2.29. The number of rotatable bonds is 7. The number of hydrogen-bond acceptors (Lipinski definition) is 5. The third-order valence-corrected chi connectivity index (χ3v) is 5.46. The highest BCUT2D eigenvalue weighted by Crippen LogP contribution is 2.30. The van der Waals surface area contributed by atoms with Gasteiger partial charge in [0.25, 0.3) is 0 Å². The van der Waals surface area contributed by atoms with Crippen molar-refractivity contribution in [3.05, 3.63) is 40.8 Å². The van der Waals surface area contributed by atoms with E-state index in [-0.39, 0.29) is 0 Å². The first kappa shape index (κ1) is 18.8. The molecule has 1 aliphatic rings. The Kier molecular flexibility index (Phi) is 6.20. The normalized spacial score (nSPS) is 20.2. The van der Waals surface area contributed by atoms with Crippen LogP contribution in [0.1, 0.15) is 55.2 Å². The van der Waals surface area contributed by atoms with Gasteiger partial charge in [-0.1, -0.05) is 31.0 Å². The van der Waals surface area contributed by atoms with E-state index in [2.05, 4.69) is 29.5 Å². The van der Waals surface area contributed by atoms with Gasteiger partial charge in [-0.3, -0.25) is 0 Å². The average molecular weight is 358 g/mol. The topological polar surface area (TPSA) is 56.5 Å². The Morgan fingerprint density at radius 2 is 2.00 bits per heavy atom. The molecule has 1 fully saturated rings. The summed E-state index contributed by atoms with van der Waals surface area (Å²) in [5.41, 5.74) is 3.07. The molecule has 2 atom stereocenters. The minimum Gasteiger partial charge on any atom is -0.493 e. The molecule has 2 aromatic rings. The van der Waals surface area contributed by atoms with Crippen LogP contribution in [0.4, 0.5) is 0 Å². The van der Waals surface area contributed by atoms with Gasteiger partial charge in [0, 0.05) is 12.6 Å². The molecule has 1 aromatic heterocycles. The average Bonchev–Trinajstić information content (AvgIpc) is 2.97. The Morgan fingerprint density at radius 3 is 2.69 bits per heavy atom. The van der Waals surface area contributed by atoms with Crippen LogP contribution in [-0.4, -0.2) is 18.3 Å². The molecule has 2 unspecified atom stereocenters. The first-order valence-corrected chi connectivity index (χ1v) is 9.53. The maximum Gasteiger partial charge on any atom is 0.161 e. The van der Waals surface area contributed by atoms with E-state index < -0.39 is 0 Å². The Bertz CT molecular complexity index is 707. The van der Waals surface area contributed by atoms with Gasteiger partial charge < -0.3 is 19.3 Å². The van der Waals surface area contributed by atoms with Gasteiger partial charge in [-0.15, -0.1) is 0 Å². The zero-order chi connectivity index (χ0) is 18.5.